The van der Waals surface area contributed by atoms with Crippen LogP contribution in [-0.2, 0) is 16.1 Å². The standard InChI is InChI=1S/C25H21Cl2NO3/c26-20-10-4-8-18(12-20)23-14-22(29)15-24(19-9-5-11-21(27)13-19)28(23)25(30)31-16-17-6-2-1-3-7-17/h1-13,23-24H,14-16H2/t23-,24-/m1/s1. The van der Waals surface area contributed by atoms with Gasteiger partial charge in [0.05, 0.1) is 12.1 Å². The number of carbonyl (C=O) groups excluding carboxylic acids is 2. The van der Waals surface area contributed by atoms with Gasteiger partial charge in [-0.15, -0.1) is 0 Å². The number of piperidine rings is 1. The van der Waals surface area contributed by atoms with Gasteiger partial charge in [-0.25, -0.2) is 4.79 Å². The Hall–Kier alpha value is -2.82. The number of rotatable bonds is 4. The number of amides is 1. The molecule has 0 aromatic heterocycles. The van der Waals surface area contributed by atoms with Crippen molar-refractivity contribution < 1.29 is 14.3 Å². The second kappa shape index (κ2) is 9.54. The number of ether oxygens (including phenoxy) is 1. The minimum absolute atomic E-state index is 0.0714. The fourth-order valence-electron chi connectivity index (χ4n) is 3.96. The van der Waals surface area contributed by atoms with Crippen LogP contribution < -0.4 is 0 Å². The van der Waals surface area contributed by atoms with E-state index in [-0.39, 0.29) is 25.2 Å². The van der Waals surface area contributed by atoms with Crippen LogP contribution in [0.1, 0.15) is 41.6 Å². The van der Waals surface area contributed by atoms with Crippen LogP contribution in [-0.4, -0.2) is 16.8 Å². The molecule has 158 valence electrons. The van der Waals surface area contributed by atoms with E-state index in [9.17, 15) is 9.59 Å². The molecule has 1 amide bonds. The summed E-state index contributed by atoms with van der Waals surface area (Å²) in [5.74, 6) is 0.0714. The van der Waals surface area contributed by atoms with E-state index < -0.39 is 18.2 Å². The minimum atomic E-state index is -0.480. The smallest absolute Gasteiger partial charge is 0.411 e. The molecule has 1 saturated heterocycles. The summed E-state index contributed by atoms with van der Waals surface area (Å²) in [7, 11) is 0. The summed E-state index contributed by atoms with van der Waals surface area (Å²) >= 11 is 12.4. The van der Waals surface area contributed by atoms with E-state index in [0.717, 1.165) is 16.7 Å². The largest absolute Gasteiger partial charge is 0.445 e. The van der Waals surface area contributed by atoms with E-state index in [4.69, 9.17) is 27.9 Å². The summed E-state index contributed by atoms with van der Waals surface area (Å²) < 4.78 is 5.68. The van der Waals surface area contributed by atoms with Crippen molar-refractivity contribution in [2.45, 2.75) is 31.5 Å². The van der Waals surface area contributed by atoms with Gasteiger partial charge in [-0.1, -0.05) is 77.8 Å². The Morgan fingerprint density at radius 3 is 1.90 bits per heavy atom. The van der Waals surface area contributed by atoms with Crippen LogP contribution in [0, 0.1) is 0 Å². The highest BCUT2D eigenvalue weighted by atomic mass is 35.5. The predicted octanol–water partition coefficient (Wildman–Crippen LogP) is 6.78. The van der Waals surface area contributed by atoms with Gasteiger partial charge in [0, 0.05) is 22.9 Å². The van der Waals surface area contributed by atoms with Crippen molar-refractivity contribution in [2.24, 2.45) is 0 Å². The molecular formula is C25H21Cl2NO3. The fourth-order valence-corrected chi connectivity index (χ4v) is 4.36. The molecule has 0 aliphatic carbocycles. The predicted molar refractivity (Wildman–Crippen MR) is 121 cm³/mol. The molecule has 0 unspecified atom stereocenters. The molecule has 2 atom stereocenters. The number of nitrogens with zero attached hydrogens (tertiary/aromatic N) is 1. The summed E-state index contributed by atoms with van der Waals surface area (Å²) in [4.78, 5) is 27.7. The van der Waals surface area contributed by atoms with Crippen molar-refractivity contribution in [1.29, 1.82) is 0 Å². The number of halogens is 2. The maximum absolute atomic E-state index is 13.3. The number of likely N-dealkylation sites (tertiary alicyclic amines) is 1. The van der Waals surface area contributed by atoms with Crippen molar-refractivity contribution in [3.8, 4) is 0 Å². The first-order valence-electron chi connectivity index (χ1n) is 10.0. The van der Waals surface area contributed by atoms with Crippen molar-refractivity contribution in [1.82, 2.24) is 4.90 Å². The zero-order valence-electron chi connectivity index (χ0n) is 16.7. The molecule has 1 heterocycles. The average Bonchev–Trinajstić information content (AvgIpc) is 2.77. The number of hydrogen-bond donors (Lipinski definition) is 0. The van der Waals surface area contributed by atoms with E-state index >= 15 is 0 Å². The molecule has 0 bridgehead atoms. The highest BCUT2D eigenvalue weighted by Gasteiger charge is 2.40. The van der Waals surface area contributed by atoms with Gasteiger partial charge in [-0.2, -0.15) is 0 Å². The quantitative estimate of drug-likeness (QED) is 0.437. The molecule has 31 heavy (non-hydrogen) atoms. The number of benzene rings is 3. The van der Waals surface area contributed by atoms with Crippen LogP contribution >= 0.6 is 23.2 Å². The van der Waals surface area contributed by atoms with Gasteiger partial charge in [0.25, 0.3) is 0 Å². The Morgan fingerprint density at radius 2 is 1.39 bits per heavy atom. The lowest BCUT2D eigenvalue weighted by molar-refractivity contribution is -0.125. The monoisotopic (exact) mass is 453 g/mol. The molecular weight excluding hydrogens is 433 g/mol. The molecule has 3 aromatic rings. The zero-order valence-corrected chi connectivity index (χ0v) is 18.2. The Kier molecular flexibility index (Phi) is 6.59. The maximum atomic E-state index is 13.3. The molecule has 3 aromatic carbocycles. The third-order valence-corrected chi connectivity index (χ3v) is 5.87. The van der Waals surface area contributed by atoms with E-state index in [2.05, 4.69) is 0 Å². The van der Waals surface area contributed by atoms with E-state index in [0.29, 0.717) is 10.0 Å². The molecule has 0 spiro atoms. The second-order valence-corrected chi connectivity index (χ2v) is 8.41. The number of ketones is 1. The van der Waals surface area contributed by atoms with Crippen molar-refractivity contribution in [2.75, 3.05) is 0 Å². The topological polar surface area (TPSA) is 46.6 Å². The van der Waals surface area contributed by atoms with Gasteiger partial charge in [0.2, 0.25) is 0 Å². The summed E-state index contributed by atoms with van der Waals surface area (Å²) in [5, 5.41) is 1.10. The Labute approximate surface area is 191 Å². The van der Waals surface area contributed by atoms with Crippen molar-refractivity contribution in [3.05, 3.63) is 106 Å². The average molecular weight is 454 g/mol. The lowest BCUT2D eigenvalue weighted by Crippen LogP contribution is -2.43. The molecule has 0 N–H and O–H groups in total. The highest BCUT2D eigenvalue weighted by Crippen LogP contribution is 2.41. The third kappa shape index (κ3) is 5.09. The molecule has 4 nitrogen and oxygen atoms in total. The Balaban J connectivity index is 1.70. The molecule has 0 radical (unpaired) electrons. The minimum Gasteiger partial charge on any atom is -0.445 e. The molecule has 0 saturated carbocycles. The van der Waals surface area contributed by atoms with Crippen LogP contribution in [0.15, 0.2) is 78.9 Å². The van der Waals surface area contributed by atoms with Crippen LogP contribution in [0.5, 0.6) is 0 Å². The normalized spacial score (nSPS) is 18.6. The van der Waals surface area contributed by atoms with E-state index in [1.807, 2.05) is 54.6 Å². The van der Waals surface area contributed by atoms with Crippen LogP contribution in [0.4, 0.5) is 4.79 Å². The van der Waals surface area contributed by atoms with E-state index in [1.165, 1.54) is 0 Å². The second-order valence-electron chi connectivity index (χ2n) is 7.54. The SMILES string of the molecule is O=C1C[C@H](c2cccc(Cl)c2)N(C(=O)OCc2ccccc2)[C@@H](c2cccc(Cl)c2)C1. The number of Topliss-reactive ketones (excluding diaryl/α,β-unsaturated/α-hetero) is 1. The first-order chi connectivity index (χ1) is 15.0. The van der Waals surface area contributed by atoms with E-state index in [1.54, 1.807) is 29.2 Å². The lowest BCUT2D eigenvalue weighted by Gasteiger charge is -2.41. The molecule has 4 rings (SSSR count). The number of carbonyl (C=O) groups is 2. The summed E-state index contributed by atoms with van der Waals surface area (Å²) in [5.41, 5.74) is 2.48. The third-order valence-electron chi connectivity index (χ3n) is 5.40. The summed E-state index contributed by atoms with van der Waals surface area (Å²) in [6, 6.07) is 23.0. The van der Waals surface area contributed by atoms with Crippen LogP contribution in [0.25, 0.3) is 0 Å². The van der Waals surface area contributed by atoms with Gasteiger partial charge in [0.15, 0.2) is 0 Å². The van der Waals surface area contributed by atoms with Gasteiger partial charge < -0.3 is 4.74 Å². The van der Waals surface area contributed by atoms with Crippen molar-refractivity contribution in [3.63, 3.8) is 0 Å². The van der Waals surface area contributed by atoms with Crippen molar-refractivity contribution >= 4 is 35.1 Å². The fraction of sp³-hybridized carbons (Fsp3) is 0.200. The lowest BCUT2D eigenvalue weighted by atomic mass is 9.87. The molecule has 1 aliphatic rings. The van der Waals surface area contributed by atoms with Crippen LogP contribution in [0.3, 0.4) is 0 Å². The summed E-state index contributed by atoms with van der Waals surface area (Å²) in [6.07, 6.45) is -0.0679. The highest BCUT2D eigenvalue weighted by molar-refractivity contribution is 6.30. The summed E-state index contributed by atoms with van der Waals surface area (Å²) in [6.45, 7) is 0.147. The van der Waals surface area contributed by atoms with Gasteiger partial charge in [0.1, 0.15) is 12.4 Å². The Bertz CT molecular complexity index is 1030. The molecule has 1 aliphatic heterocycles. The molecule has 1 fully saturated rings. The van der Waals surface area contributed by atoms with Gasteiger partial charge >= 0.3 is 6.09 Å². The Morgan fingerprint density at radius 1 is 0.839 bits per heavy atom. The maximum Gasteiger partial charge on any atom is 0.411 e. The zero-order chi connectivity index (χ0) is 21.8. The first-order valence-corrected chi connectivity index (χ1v) is 10.8. The van der Waals surface area contributed by atoms with Gasteiger partial charge in [-0.05, 0) is 41.0 Å². The number of hydrogen-bond acceptors (Lipinski definition) is 3. The van der Waals surface area contributed by atoms with Gasteiger partial charge in [-0.3, -0.25) is 9.69 Å². The first kappa shape index (κ1) is 21.4. The van der Waals surface area contributed by atoms with Crippen LogP contribution in [0.2, 0.25) is 10.0 Å². The molecule has 6 heteroatoms.